The van der Waals surface area contributed by atoms with Gasteiger partial charge in [-0.05, 0) is 12.5 Å². The lowest BCUT2D eigenvalue weighted by Gasteiger charge is -2.29. The van der Waals surface area contributed by atoms with Gasteiger partial charge in [0.1, 0.15) is 6.61 Å². The SMILES string of the molecule is Cc1cccc(C=NNc2cc(N3CCOCC3)cc(OCCN3CCOCC3)n2)c1. The first-order valence-electron chi connectivity index (χ1n) is 10.9. The van der Waals surface area contributed by atoms with Crippen LogP contribution in [0.15, 0.2) is 41.5 Å². The van der Waals surface area contributed by atoms with Crippen LogP contribution in [-0.2, 0) is 9.47 Å². The van der Waals surface area contributed by atoms with E-state index in [-0.39, 0.29) is 0 Å². The minimum atomic E-state index is 0.589. The number of hydrazone groups is 1. The molecular formula is C23H31N5O3. The van der Waals surface area contributed by atoms with Gasteiger partial charge in [-0.3, -0.25) is 10.3 Å². The summed E-state index contributed by atoms with van der Waals surface area (Å²) in [7, 11) is 0. The van der Waals surface area contributed by atoms with E-state index in [4.69, 9.17) is 14.2 Å². The van der Waals surface area contributed by atoms with Gasteiger partial charge in [-0.15, -0.1) is 0 Å². The quantitative estimate of drug-likeness (QED) is 0.514. The van der Waals surface area contributed by atoms with E-state index < -0.39 is 0 Å². The highest BCUT2D eigenvalue weighted by Gasteiger charge is 2.15. The van der Waals surface area contributed by atoms with Crippen molar-refractivity contribution in [2.75, 3.05) is 76.1 Å². The van der Waals surface area contributed by atoms with Gasteiger partial charge < -0.3 is 19.1 Å². The number of nitrogens with zero attached hydrogens (tertiary/aromatic N) is 4. The van der Waals surface area contributed by atoms with Crippen LogP contribution in [-0.4, -0.2) is 81.9 Å². The number of benzene rings is 1. The number of hydrogen-bond donors (Lipinski definition) is 1. The molecule has 0 bridgehead atoms. The zero-order chi connectivity index (χ0) is 21.3. The van der Waals surface area contributed by atoms with Gasteiger partial charge in [-0.2, -0.15) is 10.1 Å². The van der Waals surface area contributed by atoms with E-state index >= 15 is 0 Å². The number of nitrogens with one attached hydrogen (secondary N) is 1. The average Bonchev–Trinajstić information content (AvgIpc) is 2.80. The lowest BCUT2D eigenvalue weighted by molar-refractivity contribution is 0.0320. The molecule has 0 aliphatic carbocycles. The summed E-state index contributed by atoms with van der Waals surface area (Å²) >= 11 is 0. The highest BCUT2D eigenvalue weighted by Crippen LogP contribution is 2.25. The second kappa shape index (κ2) is 11.1. The van der Waals surface area contributed by atoms with Gasteiger partial charge in [-0.1, -0.05) is 29.8 Å². The molecule has 0 spiro atoms. The third kappa shape index (κ3) is 6.65. The molecule has 2 aliphatic rings. The van der Waals surface area contributed by atoms with Crippen LogP contribution in [0.3, 0.4) is 0 Å². The van der Waals surface area contributed by atoms with E-state index in [1.54, 1.807) is 6.21 Å². The van der Waals surface area contributed by atoms with Gasteiger partial charge in [0.25, 0.3) is 0 Å². The Morgan fingerprint density at radius 1 is 1.06 bits per heavy atom. The monoisotopic (exact) mass is 425 g/mol. The lowest BCUT2D eigenvalue weighted by atomic mass is 10.2. The number of hydrogen-bond acceptors (Lipinski definition) is 8. The highest BCUT2D eigenvalue weighted by molar-refractivity contribution is 5.80. The van der Waals surface area contributed by atoms with E-state index in [0.29, 0.717) is 18.3 Å². The Balaban J connectivity index is 1.43. The molecule has 8 heteroatoms. The number of rotatable bonds is 8. The lowest BCUT2D eigenvalue weighted by Crippen LogP contribution is -2.38. The van der Waals surface area contributed by atoms with Gasteiger partial charge in [-0.25, -0.2) is 0 Å². The van der Waals surface area contributed by atoms with Crippen molar-refractivity contribution in [1.29, 1.82) is 0 Å². The topological polar surface area (TPSA) is 71.5 Å². The molecule has 4 rings (SSSR count). The number of pyridine rings is 1. The molecular weight excluding hydrogens is 394 g/mol. The summed E-state index contributed by atoms with van der Waals surface area (Å²) in [6, 6.07) is 12.2. The van der Waals surface area contributed by atoms with Crippen molar-refractivity contribution in [3.63, 3.8) is 0 Å². The number of aromatic nitrogens is 1. The van der Waals surface area contributed by atoms with E-state index in [2.05, 4.69) is 44.4 Å². The van der Waals surface area contributed by atoms with Crippen molar-refractivity contribution in [1.82, 2.24) is 9.88 Å². The summed E-state index contributed by atoms with van der Waals surface area (Å²) < 4.78 is 16.9. The maximum Gasteiger partial charge on any atom is 0.217 e. The third-order valence-electron chi connectivity index (χ3n) is 5.36. The molecule has 8 nitrogen and oxygen atoms in total. The number of aryl methyl sites for hydroxylation is 1. The Bertz CT molecular complexity index is 864. The Morgan fingerprint density at radius 3 is 2.61 bits per heavy atom. The Labute approximate surface area is 183 Å². The summed E-state index contributed by atoms with van der Waals surface area (Å²) in [6.45, 7) is 10.1. The standard InChI is InChI=1S/C23H31N5O3/c1-19-3-2-4-20(15-19)18-24-26-22-16-21(28-8-12-30-13-9-28)17-23(25-22)31-14-7-27-5-10-29-11-6-27/h2-4,15-18H,5-14H2,1H3,(H,25,26). The van der Waals surface area contributed by atoms with Crippen molar-refractivity contribution in [2.45, 2.75) is 6.92 Å². The fraction of sp³-hybridized carbons (Fsp3) is 0.478. The van der Waals surface area contributed by atoms with Crippen LogP contribution in [0, 0.1) is 6.92 Å². The maximum atomic E-state index is 6.02. The zero-order valence-electron chi connectivity index (χ0n) is 18.1. The van der Waals surface area contributed by atoms with Crippen molar-refractivity contribution < 1.29 is 14.2 Å². The first-order valence-corrected chi connectivity index (χ1v) is 10.9. The molecule has 2 aromatic rings. The summed E-state index contributed by atoms with van der Waals surface area (Å²) in [6.07, 6.45) is 1.80. The van der Waals surface area contributed by atoms with Crippen molar-refractivity contribution in [3.05, 3.63) is 47.5 Å². The Hall–Kier alpha value is -2.68. The van der Waals surface area contributed by atoms with Crippen LogP contribution in [0.5, 0.6) is 5.88 Å². The average molecular weight is 426 g/mol. The molecule has 1 aromatic carbocycles. The molecule has 166 valence electrons. The van der Waals surface area contributed by atoms with E-state index in [9.17, 15) is 0 Å². The second-order valence-corrected chi connectivity index (χ2v) is 7.73. The predicted octanol–water partition coefficient (Wildman–Crippen LogP) is 2.38. The molecule has 0 saturated carbocycles. The normalized spacial score (nSPS) is 17.8. The summed E-state index contributed by atoms with van der Waals surface area (Å²) in [5.74, 6) is 1.26. The van der Waals surface area contributed by atoms with Crippen molar-refractivity contribution in [2.24, 2.45) is 5.10 Å². The molecule has 31 heavy (non-hydrogen) atoms. The molecule has 3 heterocycles. The second-order valence-electron chi connectivity index (χ2n) is 7.73. The molecule has 0 amide bonds. The van der Waals surface area contributed by atoms with Crippen LogP contribution in [0.4, 0.5) is 11.5 Å². The van der Waals surface area contributed by atoms with Crippen LogP contribution in [0.1, 0.15) is 11.1 Å². The van der Waals surface area contributed by atoms with Gasteiger partial charge in [0.05, 0.1) is 32.6 Å². The fourth-order valence-electron chi connectivity index (χ4n) is 3.65. The van der Waals surface area contributed by atoms with Crippen molar-refractivity contribution >= 4 is 17.7 Å². The molecule has 1 N–H and O–H groups in total. The molecule has 0 atom stereocenters. The summed E-state index contributed by atoms with van der Waals surface area (Å²) in [5, 5.41) is 4.38. The maximum absolute atomic E-state index is 6.02. The van der Waals surface area contributed by atoms with Crippen LogP contribution >= 0.6 is 0 Å². The van der Waals surface area contributed by atoms with Gasteiger partial charge in [0.2, 0.25) is 5.88 Å². The van der Waals surface area contributed by atoms with Crippen molar-refractivity contribution in [3.8, 4) is 5.88 Å². The van der Waals surface area contributed by atoms with Crippen LogP contribution in [0.25, 0.3) is 0 Å². The van der Waals surface area contributed by atoms with Crippen LogP contribution in [0.2, 0.25) is 0 Å². The first kappa shape index (κ1) is 21.5. The molecule has 2 fully saturated rings. The van der Waals surface area contributed by atoms with E-state index in [0.717, 1.165) is 70.4 Å². The highest BCUT2D eigenvalue weighted by atomic mass is 16.5. The molecule has 0 unspecified atom stereocenters. The van der Waals surface area contributed by atoms with Crippen LogP contribution < -0.4 is 15.1 Å². The molecule has 0 radical (unpaired) electrons. The number of morpholine rings is 2. The largest absolute Gasteiger partial charge is 0.476 e. The Kier molecular flexibility index (Phi) is 7.71. The summed E-state index contributed by atoms with van der Waals surface area (Å²) in [4.78, 5) is 9.25. The molecule has 1 aromatic heterocycles. The predicted molar refractivity (Wildman–Crippen MR) is 122 cm³/mol. The van der Waals surface area contributed by atoms with Gasteiger partial charge in [0, 0.05) is 50.5 Å². The van der Waals surface area contributed by atoms with Gasteiger partial charge in [0.15, 0.2) is 5.82 Å². The van der Waals surface area contributed by atoms with Gasteiger partial charge >= 0.3 is 0 Å². The number of ether oxygens (including phenoxy) is 3. The fourth-order valence-corrected chi connectivity index (χ4v) is 3.65. The zero-order valence-corrected chi connectivity index (χ0v) is 18.1. The Morgan fingerprint density at radius 2 is 1.84 bits per heavy atom. The first-order chi connectivity index (χ1) is 15.3. The minimum Gasteiger partial charge on any atom is -0.476 e. The molecule has 2 saturated heterocycles. The summed E-state index contributed by atoms with van der Waals surface area (Å²) in [5.41, 5.74) is 6.37. The smallest absolute Gasteiger partial charge is 0.217 e. The molecule has 2 aliphatic heterocycles. The number of anilines is 2. The van der Waals surface area contributed by atoms with E-state index in [1.165, 1.54) is 5.56 Å². The minimum absolute atomic E-state index is 0.589. The third-order valence-corrected chi connectivity index (χ3v) is 5.36. The van der Waals surface area contributed by atoms with E-state index in [1.807, 2.05) is 24.3 Å².